The fraction of sp³-hybridized carbons (Fsp3) is 0.158. The number of fused-ring (bicyclic) bond motifs is 6. The third-order valence-corrected chi connectivity index (χ3v) is 5.54. The van der Waals surface area contributed by atoms with Crippen LogP contribution in [0.4, 0.5) is 11.6 Å². The Bertz CT molecular complexity index is 999. The molecule has 0 aliphatic carbocycles. The summed E-state index contributed by atoms with van der Waals surface area (Å²) >= 11 is 14.1. The lowest BCUT2D eigenvalue weighted by atomic mass is 10.2. The molecule has 0 amide bonds. The van der Waals surface area contributed by atoms with Crippen molar-refractivity contribution in [1.82, 2.24) is 9.97 Å². The highest BCUT2D eigenvalue weighted by atomic mass is 35.5. The maximum atomic E-state index is 6.36. The van der Waals surface area contributed by atoms with Crippen molar-refractivity contribution in [3.05, 3.63) is 63.8 Å². The Kier molecular flexibility index (Phi) is 5.29. The number of rotatable bonds is 1. The molecule has 0 fully saturated rings. The van der Waals surface area contributed by atoms with Crippen molar-refractivity contribution in [2.45, 2.75) is 24.8 Å². The van der Waals surface area contributed by atoms with Gasteiger partial charge in [0.05, 0.1) is 5.56 Å². The largest absolute Gasteiger partial charge is 0.438 e. The van der Waals surface area contributed by atoms with E-state index in [1.165, 1.54) is 11.9 Å². The Balaban J connectivity index is 1.82. The second kappa shape index (κ2) is 7.84. The van der Waals surface area contributed by atoms with Crippen LogP contribution in [0.25, 0.3) is 0 Å². The third kappa shape index (κ3) is 4.08. The maximum Gasteiger partial charge on any atom is 0.237 e. The van der Waals surface area contributed by atoms with E-state index >= 15 is 0 Å². The molecule has 0 saturated heterocycles. The summed E-state index contributed by atoms with van der Waals surface area (Å²) in [7, 11) is 0. The summed E-state index contributed by atoms with van der Waals surface area (Å²) in [6.07, 6.45) is 0.658. The number of ether oxygens (including phenoxy) is 1. The molecular weight excluding hydrogens is 403 g/mol. The molecule has 138 valence electrons. The molecule has 6 bridgehead atoms. The van der Waals surface area contributed by atoms with E-state index in [0.29, 0.717) is 40.7 Å². The van der Waals surface area contributed by atoms with Crippen molar-refractivity contribution in [2.24, 2.45) is 0 Å². The van der Waals surface area contributed by atoms with Crippen LogP contribution in [0.5, 0.6) is 11.6 Å². The van der Waals surface area contributed by atoms with Gasteiger partial charge in [0.1, 0.15) is 10.9 Å². The van der Waals surface area contributed by atoms with Gasteiger partial charge in [-0.1, -0.05) is 36.2 Å². The van der Waals surface area contributed by atoms with E-state index in [0.717, 1.165) is 21.7 Å². The first-order valence-corrected chi connectivity index (χ1v) is 9.99. The molecule has 1 aliphatic heterocycles. The van der Waals surface area contributed by atoms with Gasteiger partial charge in [0.25, 0.3) is 0 Å². The van der Waals surface area contributed by atoms with E-state index in [9.17, 15) is 0 Å². The monoisotopic (exact) mass is 418 g/mol. The summed E-state index contributed by atoms with van der Waals surface area (Å²) in [5.74, 6) is 1.47. The second-order valence-electron chi connectivity index (χ2n) is 5.92. The molecule has 2 heterocycles. The molecule has 8 heteroatoms. The van der Waals surface area contributed by atoms with Crippen molar-refractivity contribution in [3.63, 3.8) is 0 Å². The highest BCUT2D eigenvalue weighted by molar-refractivity contribution is 8.00. The molecule has 1 aromatic heterocycles. The van der Waals surface area contributed by atoms with Crippen molar-refractivity contribution >= 4 is 46.8 Å². The number of aromatic nitrogens is 2. The van der Waals surface area contributed by atoms with E-state index < -0.39 is 0 Å². The molecule has 0 atom stereocenters. The molecule has 0 saturated carbocycles. The normalized spacial score (nSPS) is 13.0. The van der Waals surface area contributed by atoms with E-state index in [4.69, 9.17) is 27.9 Å². The van der Waals surface area contributed by atoms with Gasteiger partial charge >= 0.3 is 0 Å². The van der Waals surface area contributed by atoms with Gasteiger partial charge < -0.3 is 10.1 Å². The van der Waals surface area contributed by atoms with Crippen LogP contribution < -0.4 is 14.8 Å². The topological polar surface area (TPSA) is 59.1 Å². The summed E-state index contributed by atoms with van der Waals surface area (Å²) in [5.41, 5.74) is 2.68. The zero-order chi connectivity index (χ0) is 18.8. The number of anilines is 2. The van der Waals surface area contributed by atoms with Gasteiger partial charge in [0, 0.05) is 22.2 Å². The van der Waals surface area contributed by atoms with Gasteiger partial charge in [-0.3, -0.25) is 4.72 Å². The molecule has 2 aromatic carbocycles. The minimum atomic E-state index is 0.377. The predicted molar refractivity (Wildman–Crippen MR) is 111 cm³/mol. The van der Waals surface area contributed by atoms with Crippen LogP contribution in [-0.4, -0.2) is 9.97 Å². The predicted octanol–water partition coefficient (Wildman–Crippen LogP) is 6.18. The number of nitrogens with zero attached hydrogens (tertiary/aromatic N) is 2. The molecular formula is C19H16Cl2N4OS. The van der Waals surface area contributed by atoms with Gasteiger partial charge in [-0.2, -0.15) is 9.97 Å². The van der Waals surface area contributed by atoms with Crippen LogP contribution in [0.15, 0.2) is 47.4 Å². The van der Waals surface area contributed by atoms with Gasteiger partial charge in [-0.25, -0.2) is 0 Å². The average Bonchev–Trinajstić information content (AvgIpc) is 2.66. The van der Waals surface area contributed by atoms with Crippen LogP contribution >= 0.6 is 35.1 Å². The average molecular weight is 419 g/mol. The summed E-state index contributed by atoms with van der Waals surface area (Å²) in [6, 6.07) is 13.6. The smallest absolute Gasteiger partial charge is 0.237 e. The van der Waals surface area contributed by atoms with Crippen molar-refractivity contribution in [1.29, 1.82) is 0 Å². The highest BCUT2D eigenvalue weighted by Crippen LogP contribution is 2.33. The second-order valence-corrected chi connectivity index (χ2v) is 7.56. The lowest BCUT2D eigenvalue weighted by Crippen LogP contribution is -2.04. The minimum Gasteiger partial charge on any atom is -0.438 e. The number of benzene rings is 2. The van der Waals surface area contributed by atoms with E-state index in [-0.39, 0.29) is 0 Å². The number of nitrogens with one attached hydrogen (secondary N) is 2. The van der Waals surface area contributed by atoms with Crippen LogP contribution in [0, 0.1) is 0 Å². The third-order valence-electron chi connectivity index (χ3n) is 4.08. The Hall–Kier alpha value is -2.15. The van der Waals surface area contributed by atoms with Crippen LogP contribution in [0.2, 0.25) is 10.2 Å². The molecule has 0 radical (unpaired) electrons. The number of hydrogen-bond donors (Lipinski definition) is 2. The summed E-state index contributed by atoms with van der Waals surface area (Å²) < 4.78 is 9.18. The SMILES string of the molecule is CCc1c(Cl)nc2nc1Oc1ccc(Cl)c(c1)CNc1cccc(c1)SN2. The molecule has 0 spiro atoms. The molecule has 1 aliphatic rings. The summed E-state index contributed by atoms with van der Waals surface area (Å²) in [6.45, 7) is 2.56. The van der Waals surface area contributed by atoms with E-state index in [2.05, 4.69) is 20.0 Å². The Morgan fingerprint density at radius 1 is 1.15 bits per heavy atom. The van der Waals surface area contributed by atoms with Crippen molar-refractivity contribution in [3.8, 4) is 11.6 Å². The first-order chi connectivity index (χ1) is 13.1. The van der Waals surface area contributed by atoms with E-state index in [1.807, 2.05) is 49.4 Å². The van der Waals surface area contributed by atoms with Gasteiger partial charge in [0.2, 0.25) is 11.8 Å². The lowest BCUT2D eigenvalue weighted by molar-refractivity contribution is 0.456. The summed E-state index contributed by atoms with van der Waals surface area (Å²) in [5, 5.41) is 4.44. The Morgan fingerprint density at radius 3 is 2.89 bits per heavy atom. The highest BCUT2D eigenvalue weighted by Gasteiger charge is 2.15. The zero-order valence-corrected chi connectivity index (χ0v) is 16.8. The number of halogens is 2. The first kappa shape index (κ1) is 18.2. The van der Waals surface area contributed by atoms with Crippen LogP contribution in [-0.2, 0) is 13.0 Å². The van der Waals surface area contributed by atoms with Crippen LogP contribution in [0.1, 0.15) is 18.1 Å². The minimum absolute atomic E-state index is 0.377. The van der Waals surface area contributed by atoms with Gasteiger partial charge in [-0.05, 0) is 60.3 Å². The van der Waals surface area contributed by atoms with Crippen molar-refractivity contribution < 1.29 is 4.74 Å². The lowest BCUT2D eigenvalue weighted by Gasteiger charge is -2.15. The van der Waals surface area contributed by atoms with Gasteiger partial charge in [-0.15, -0.1) is 0 Å². The fourth-order valence-corrected chi connectivity index (χ4v) is 3.81. The molecule has 4 rings (SSSR count). The fourth-order valence-electron chi connectivity index (χ4n) is 2.70. The molecule has 27 heavy (non-hydrogen) atoms. The van der Waals surface area contributed by atoms with E-state index in [1.54, 1.807) is 0 Å². The Labute approximate surface area is 171 Å². The van der Waals surface area contributed by atoms with Crippen LogP contribution in [0.3, 0.4) is 0 Å². The molecule has 2 N–H and O–H groups in total. The maximum absolute atomic E-state index is 6.36. The molecule has 5 nitrogen and oxygen atoms in total. The number of hydrogen-bond acceptors (Lipinski definition) is 6. The van der Waals surface area contributed by atoms with Crippen molar-refractivity contribution in [2.75, 3.05) is 10.0 Å². The molecule has 3 aromatic rings. The standard InChI is InChI=1S/C19H16Cl2N4OS/c1-2-15-17(21)23-19-24-18(15)26-13-6-7-16(20)11(8-13)10-22-12-4-3-5-14(9-12)27-25-19/h3-9,22H,2,10H2,1H3,(H,23,24,25). The zero-order valence-electron chi connectivity index (χ0n) is 14.4. The van der Waals surface area contributed by atoms with Gasteiger partial charge in [0.15, 0.2) is 0 Å². The summed E-state index contributed by atoms with van der Waals surface area (Å²) in [4.78, 5) is 9.86. The first-order valence-electron chi connectivity index (χ1n) is 8.42. The Morgan fingerprint density at radius 2 is 2.04 bits per heavy atom. The molecule has 0 unspecified atom stereocenters. The quantitative estimate of drug-likeness (QED) is 0.363.